The standard InChI is InChI=1S/C9H17IO2/c1-9(2,3)8(12)6-7(11)4-5-10/h4-5,7-8,11-12H,6H2,1-3H3. The zero-order valence-corrected chi connectivity index (χ0v) is 9.95. The van der Waals surface area contributed by atoms with Crippen molar-refractivity contribution in [2.24, 2.45) is 5.41 Å². The van der Waals surface area contributed by atoms with Gasteiger partial charge in [-0.25, -0.2) is 0 Å². The molecule has 72 valence electrons. The summed E-state index contributed by atoms with van der Waals surface area (Å²) in [5.74, 6) is 0. The van der Waals surface area contributed by atoms with Crippen molar-refractivity contribution in [1.29, 1.82) is 0 Å². The van der Waals surface area contributed by atoms with Gasteiger partial charge in [-0.2, -0.15) is 0 Å². The highest BCUT2D eigenvalue weighted by Crippen LogP contribution is 2.22. The van der Waals surface area contributed by atoms with Crippen molar-refractivity contribution in [1.82, 2.24) is 0 Å². The number of halogens is 1. The topological polar surface area (TPSA) is 40.5 Å². The summed E-state index contributed by atoms with van der Waals surface area (Å²) in [5, 5.41) is 18.9. The van der Waals surface area contributed by atoms with Crippen LogP contribution in [-0.4, -0.2) is 22.4 Å². The molecule has 2 atom stereocenters. The van der Waals surface area contributed by atoms with Crippen LogP contribution in [0.2, 0.25) is 0 Å². The van der Waals surface area contributed by atoms with Crippen LogP contribution in [0, 0.1) is 5.41 Å². The highest BCUT2D eigenvalue weighted by Gasteiger charge is 2.23. The van der Waals surface area contributed by atoms with Gasteiger partial charge < -0.3 is 10.2 Å². The Morgan fingerprint density at radius 3 is 2.17 bits per heavy atom. The first-order chi connectivity index (χ1) is 5.38. The summed E-state index contributed by atoms with van der Waals surface area (Å²) in [4.78, 5) is 0. The van der Waals surface area contributed by atoms with Gasteiger partial charge in [0.2, 0.25) is 0 Å². The average molecular weight is 284 g/mol. The molecule has 12 heavy (non-hydrogen) atoms. The van der Waals surface area contributed by atoms with Crippen LogP contribution in [-0.2, 0) is 0 Å². The van der Waals surface area contributed by atoms with E-state index in [0.717, 1.165) is 0 Å². The molecule has 0 rings (SSSR count). The second-order valence-electron chi connectivity index (χ2n) is 4.00. The number of aliphatic hydroxyl groups is 2. The Morgan fingerprint density at radius 2 is 1.83 bits per heavy atom. The Labute approximate surface area is 87.8 Å². The van der Waals surface area contributed by atoms with E-state index in [-0.39, 0.29) is 5.41 Å². The fourth-order valence-electron chi connectivity index (χ4n) is 0.745. The molecular weight excluding hydrogens is 267 g/mol. The molecule has 0 amide bonds. The van der Waals surface area contributed by atoms with Crippen LogP contribution in [0.5, 0.6) is 0 Å². The number of rotatable bonds is 3. The van der Waals surface area contributed by atoms with Gasteiger partial charge in [0.25, 0.3) is 0 Å². The smallest absolute Gasteiger partial charge is 0.0753 e. The van der Waals surface area contributed by atoms with E-state index < -0.39 is 12.2 Å². The normalized spacial score (nSPS) is 18.2. The van der Waals surface area contributed by atoms with Crippen molar-refractivity contribution in [2.45, 2.75) is 39.4 Å². The molecule has 0 heterocycles. The van der Waals surface area contributed by atoms with E-state index in [9.17, 15) is 10.2 Å². The fraction of sp³-hybridized carbons (Fsp3) is 0.778. The molecule has 0 aliphatic rings. The molecular formula is C9H17IO2. The lowest BCUT2D eigenvalue weighted by Gasteiger charge is -2.26. The van der Waals surface area contributed by atoms with E-state index in [1.54, 1.807) is 10.2 Å². The lowest BCUT2D eigenvalue weighted by atomic mass is 9.86. The summed E-state index contributed by atoms with van der Waals surface area (Å²) >= 11 is 2.05. The predicted molar refractivity (Wildman–Crippen MR) is 59.2 cm³/mol. The highest BCUT2D eigenvalue weighted by molar-refractivity contribution is 14.1. The summed E-state index contributed by atoms with van der Waals surface area (Å²) < 4.78 is 1.76. The number of aliphatic hydroxyl groups excluding tert-OH is 2. The lowest BCUT2D eigenvalue weighted by molar-refractivity contribution is 0.0257. The van der Waals surface area contributed by atoms with Gasteiger partial charge in [-0.1, -0.05) is 49.4 Å². The highest BCUT2D eigenvalue weighted by atomic mass is 127. The maximum absolute atomic E-state index is 9.59. The molecule has 2 nitrogen and oxygen atoms in total. The monoisotopic (exact) mass is 284 g/mol. The number of hydrogen-bond acceptors (Lipinski definition) is 2. The molecule has 0 spiro atoms. The van der Waals surface area contributed by atoms with Gasteiger partial charge in [-0.3, -0.25) is 0 Å². The largest absolute Gasteiger partial charge is 0.392 e. The van der Waals surface area contributed by atoms with Gasteiger partial charge >= 0.3 is 0 Å². The Hall–Kier alpha value is 0.390. The quantitative estimate of drug-likeness (QED) is 0.779. The minimum Gasteiger partial charge on any atom is -0.392 e. The van der Waals surface area contributed by atoms with Crippen LogP contribution in [0.1, 0.15) is 27.2 Å². The fourth-order valence-corrected chi connectivity index (χ4v) is 1.22. The molecule has 0 radical (unpaired) electrons. The van der Waals surface area contributed by atoms with Gasteiger partial charge in [-0.15, -0.1) is 0 Å². The summed E-state index contributed by atoms with van der Waals surface area (Å²) in [6, 6.07) is 0. The van der Waals surface area contributed by atoms with Crippen LogP contribution in [0.3, 0.4) is 0 Å². The van der Waals surface area contributed by atoms with Crippen molar-refractivity contribution in [2.75, 3.05) is 0 Å². The van der Waals surface area contributed by atoms with Crippen molar-refractivity contribution < 1.29 is 10.2 Å². The molecule has 0 fully saturated rings. The number of hydrogen-bond donors (Lipinski definition) is 2. The maximum atomic E-state index is 9.59. The molecule has 0 aromatic rings. The van der Waals surface area contributed by atoms with Crippen molar-refractivity contribution in [3.8, 4) is 0 Å². The Kier molecular flexibility index (Phi) is 5.36. The molecule has 0 aliphatic heterocycles. The van der Waals surface area contributed by atoms with Crippen LogP contribution < -0.4 is 0 Å². The first-order valence-corrected chi connectivity index (χ1v) is 5.25. The summed E-state index contributed by atoms with van der Waals surface area (Å²) in [6.07, 6.45) is 1.09. The van der Waals surface area contributed by atoms with Crippen LogP contribution in [0.25, 0.3) is 0 Å². The Balaban J connectivity index is 3.92. The molecule has 0 aromatic heterocycles. The van der Waals surface area contributed by atoms with Gasteiger partial charge in [0.15, 0.2) is 0 Å². The first-order valence-electron chi connectivity index (χ1n) is 4.01. The SMILES string of the molecule is CC(C)(C)C(O)CC(O)C=CI. The zero-order valence-electron chi connectivity index (χ0n) is 7.79. The summed E-state index contributed by atoms with van der Waals surface area (Å²) in [5.41, 5.74) is -0.153. The van der Waals surface area contributed by atoms with Gasteiger partial charge in [0.1, 0.15) is 0 Å². The first kappa shape index (κ1) is 12.4. The third kappa shape index (κ3) is 5.11. The maximum Gasteiger partial charge on any atom is 0.0753 e. The van der Waals surface area contributed by atoms with E-state index in [4.69, 9.17) is 0 Å². The molecule has 0 saturated carbocycles. The minimum absolute atomic E-state index is 0.153. The Morgan fingerprint density at radius 1 is 1.33 bits per heavy atom. The average Bonchev–Trinajstić information content (AvgIpc) is 1.85. The van der Waals surface area contributed by atoms with E-state index in [2.05, 4.69) is 0 Å². The van der Waals surface area contributed by atoms with Gasteiger partial charge in [-0.05, 0) is 9.50 Å². The van der Waals surface area contributed by atoms with Crippen molar-refractivity contribution in [3.63, 3.8) is 0 Å². The Bertz CT molecular complexity index is 149. The van der Waals surface area contributed by atoms with E-state index in [1.165, 1.54) is 0 Å². The van der Waals surface area contributed by atoms with Gasteiger partial charge in [0.05, 0.1) is 12.2 Å². The van der Waals surface area contributed by atoms with E-state index in [1.807, 2.05) is 43.4 Å². The van der Waals surface area contributed by atoms with Gasteiger partial charge in [0, 0.05) is 6.42 Å². The van der Waals surface area contributed by atoms with Crippen LogP contribution >= 0.6 is 22.6 Å². The summed E-state index contributed by atoms with van der Waals surface area (Å²) in [6.45, 7) is 5.87. The lowest BCUT2D eigenvalue weighted by Crippen LogP contribution is -2.29. The van der Waals surface area contributed by atoms with E-state index >= 15 is 0 Å². The molecule has 0 saturated heterocycles. The summed E-state index contributed by atoms with van der Waals surface area (Å²) in [7, 11) is 0. The van der Waals surface area contributed by atoms with Crippen LogP contribution in [0.15, 0.2) is 10.2 Å². The molecule has 0 aliphatic carbocycles. The van der Waals surface area contributed by atoms with E-state index in [0.29, 0.717) is 6.42 Å². The molecule has 2 unspecified atom stereocenters. The predicted octanol–water partition coefficient (Wildman–Crippen LogP) is 2.09. The zero-order chi connectivity index (χ0) is 9.78. The molecule has 3 heteroatoms. The third-order valence-corrected chi connectivity index (χ3v) is 2.17. The molecule has 0 aromatic carbocycles. The minimum atomic E-state index is -0.531. The third-order valence-electron chi connectivity index (χ3n) is 1.76. The van der Waals surface area contributed by atoms with Crippen molar-refractivity contribution in [3.05, 3.63) is 10.2 Å². The van der Waals surface area contributed by atoms with Crippen molar-refractivity contribution >= 4 is 22.6 Å². The second kappa shape index (κ2) is 5.19. The molecule has 0 bridgehead atoms. The second-order valence-corrected chi connectivity index (χ2v) is 4.72. The molecule has 2 N–H and O–H groups in total. The van der Waals surface area contributed by atoms with Crippen LogP contribution in [0.4, 0.5) is 0 Å².